The highest BCUT2D eigenvalue weighted by Gasteiger charge is 2.25. The molecule has 0 fully saturated rings. The van der Waals surface area contributed by atoms with Gasteiger partial charge < -0.3 is 8.83 Å². The minimum absolute atomic E-state index is 0.559. The summed E-state index contributed by atoms with van der Waals surface area (Å²) in [5.74, 6) is 3.44. The second-order valence-electron chi connectivity index (χ2n) is 31.8. The smallest absolute Gasteiger partial charge is 0.164 e. The fourth-order valence-corrected chi connectivity index (χ4v) is 17.4. The van der Waals surface area contributed by atoms with E-state index >= 15 is 0 Å². The zero-order chi connectivity index (χ0) is 84.6. The summed E-state index contributed by atoms with van der Waals surface area (Å²) in [6.45, 7) is 8.13. The van der Waals surface area contributed by atoms with Crippen molar-refractivity contribution < 1.29 is 8.83 Å². The predicted molar refractivity (Wildman–Crippen MR) is 516 cm³/mol. The van der Waals surface area contributed by atoms with Gasteiger partial charge in [0.1, 0.15) is 22.3 Å². The monoisotopic (exact) mass is 1620 g/mol. The Morgan fingerprint density at radius 3 is 0.841 bits per heavy atom. The topological polar surface area (TPSA) is 129 Å². The number of aromatic nitrogens is 8. The number of nitrogens with zero attached hydrogens (tertiary/aromatic N) is 8. The van der Waals surface area contributed by atoms with Crippen LogP contribution in [0.15, 0.2) is 421 Å². The van der Waals surface area contributed by atoms with E-state index in [2.05, 4.69) is 372 Å². The molecule has 22 aromatic rings. The molecule has 596 valence electrons. The van der Waals surface area contributed by atoms with Crippen molar-refractivity contribution in [3.05, 3.63) is 435 Å². The third kappa shape index (κ3) is 15.3. The van der Waals surface area contributed by atoms with Gasteiger partial charge >= 0.3 is 0 Å². The zero-order valence-corrected chi connectivity index (χ0v) is 69.7. The van der Waals surface area contributed by atoms with Crippen LogP contribution in [0.1, 0.15) is 22.8 Å². The number of hydrogen-bond acceptors (Lipinski definition) is 10. The summed E-state index contributed by atoms with van der Waals surface area (Å²) < 4.78 is 12.7. The number of hydrogen-bond donors (Lipinski definition) is 0. The van der Waals surface area contributed by atoms with Crippen LogP contribution in [0.5, 0.6) is 0 Å². The van der Waals surface area contributed by atoms with Crippen LogP contribution in [0.2, 0.25) is 0 Å². The molecule has 0 bridgehead atoms. The van der Waals surface area contributed by atoms with E-state index in [1.165, 1.54) is 11.1 Å². The largest absolute Gasteiger partial charge is 0.456 e. The molecule has 0 aliphatic heterocycles. The van der Waals surface area contributed by atoms with Crippen LogP contribution in [0.25, 0.3) is 223 Å². The van der Waals surface area contributed by atoms with Crippen molar-refractivity contribution in [1.82, 2.24) is 39.9 Å². The van der Waals surface area contributed by atoms with E-state index in [1.54, 1.807) is 0 Å². The normalized spacial score (nSPS) is 11.3. The van der Waals surface area contributed by atoms with Gasteiger partial charge in [-0.2, -0.15) is 0 Å². The summed E-state index contributed by atoms with van der Waals surface area (Å²) in [4.78, 5) is 40.7. The standard InChI is InChI=1S/2C58H40N4O/c1-37-26-32-46(38(2)59-37)47-22-12-13-24-50(47)58-61-56(60-57(62-58)44-31-33-49-48-23-14-15-25-53(48)63-54(49)36-44)43-29-27-42(28-30-43)55-51(40-18-8-4-9-19-40)34-45(39-16-6-3-7-17-39)35-52(55)41-20-10-5-11-21-41;1-37-25-31-48(38(2)59-37)44-21-14-22-45(33-44)57-60-56(61-58(62-57)46-30-32-50-49-23-12-13-24-53(49)63-54(50)36-46)43-28-26-42(27-29-43)55-51(40-17-8-4-9-18-40)34-47(39-15-6-3-7-16-39)35-52(55)41-19-10-5-11-20-41/h2*3-36H,1-2H3. The molecule has 6 aromatic heterocycles. The summed E-state index contributed by atoms with van der Waals surface area (Å²) in [6, 6.07) is 144. The summed E-state index contributed by atoms with van der Waals surface area (Å²) in [7, 11) is 0. The van der Waals surface area contributed by atoms with Gasteiger partial charge in [0.25, 0.3) is 0 Å². The lowest BCUT2D eigenvalue weighted by Crippen LogP contribution is -2.02. The van der Waals surface area contributed by atoms with Gasteiger partial charge in [-0.15, -0.1) is 0 Å². The van der Waals surface area contributed by atoms with Crippen LogP contribution in [0.3, 0.4) is 0 Å². The van der Waals surface area contributed by atoms with Crippen LogP contribution in [-0.4, -0.2) is 39.9 Å². The van der Waals surface area contributed by atoms with E-state index in [9.17, 15) is 0 Å². The SMILES string of the molecule is Cc1ccc(-c2cccc(-c3nc(-c4ccc(-c5c(-c6ccccc6)cc(-c6ccccc6)cc5-c5ccccc5)cc4)nc(-c4ccc5c(c4)oc4ccccc45)n3)c2)c(C)n1.Cc1ccc(-c2ccccc2-c2nc(-c3ccc(-c4c(-c5ccccc5)cc(-c5ccccc5)cc4-c4ccccc4)cc3)nc(-c3ccc4c(c3)oc3ccccc34)n2)c(C)n1. The molecule has 0 amide bonds. The maximum Gasteiger partial charge on any atom is 0.164 e. The van der Waals surface area contributed by atoms with Crippen LogP contribution in [0.4, 0.5) is 0 Å². The molecule has 16 aromatic carbocycles. The Balaban J connectivity index is 0.000000154. The quantitative estimate of drug-likeness (QED) is 0.0922. The van der Waals surface area contributed by atoms with Crippen molar-refractivity contribution >= 4 is 43.9 Å². The van der Waals surface area contributed by atoms with Gasteiger partial charge in [-0.1, -0.05) is 334 Å². The summed E-state index contributed by atoms with van der Waals surface area (Å²) in [5, 5.41) is 4.26. The molecule has 22 rings (SSSR count). The van der Waals surface area contributed by atoms with E-state index in [0.29, 0.717) is 34.9 Å². The average molecular weight is 1620 g/mol. The van der Waals surface area contributed by atoms with Crippen LogP contribution in [-0.2, 0) is 0 Å². The van der Waals surface area contributed by atoms with Crippen LogP contribution in [0, 0.1) is 27.7 Å². The van der Waals surface area contributed by atoms with Crippen molar-refractivity contribution in [3.8, 4) is 180 Å². The van der Waals surface area contributed by atoms with Crippen molar-refractivity contribution in [1.29, 1.82) is 0 Å². The van der Waals surface area contributed by atoms with E-state index < -0.39 is 0 Å². The van der Waals surface area contributed by atoms with Crippen LogP contribution >= 0.6 is 0 Å². The maximum absolute atomic E-state index is 6.34. The lowest BCUT2D eigenvalue weighted by molar-refractivity contribution is 0.668. The van der Waals surface area contributed by atoms with Gasteiger partial charge in [0.05, 0.1) is 0 Å². The van der Waals surface area contributed by atoms with E-state index in [0.717, 1.165) is 200 Å². The highest BCUT2D eigenvalue weighted by atomic mass is 16.3. The number of furan rings is 2. The van der Waals surface area contributed by atoms with Crippen molar-refractivity contribution in [2.75, 3.05) is 0 Å². The zero-order valence-electron chi connectivity index (χ0n) is 69.7. The van der Waals surface area contributed by atoms with E-state index in [4.69, 9.17) is 48.7 Å². The van der Waals surface area contributed by atoms with E-state index in [1.807, 2.05) is 68.4 Å². The molecule has 0 N–H and O–H groups in total. The number of fused-ring (bicyclic) bond motifs is 6. The molecule has 126 heavy (non-hydrogen) atoms. The molecule has 0 spiro atoms. The third-order valence-corrected chi connectivity index (χ3v) is 23.6. The second kappa shape index (κ2) is 33.5. The highest BCUT2D eigenvalue weighted by Crippen LogP contribution is 2.48. The lowest BCUT2D eigenvalue weighted by Gasteiger charge is -2.19. The van der Waals surface area contributed by atoms with Crippen molar-refractivity contribution in [2.24, 2.45) is 0 Å². The molecule has 0 saturated carbocycles. The fraction of sp³-hybridized carbons (Fsp3) is 0.0345. The Labute approximate surface area is 730 Å². The minimum atomic E-state index is 0.559. The van der Waals surface area contributed by atoms with Crippen molar-refractivity contribution in [2.45, 2.75) is 27.7 Å². The average Bonchev–Trinajstić information content (AvgIpc) is 1.07. The molecule has 0 saturated heterocycles. The molecule has 0 aliphatic rings. The third-order valence-electron chi connectivity index (χ3n) is 23.6. The molecule has 10 nitrogen and oxygen atoms in total. The molecular formula is C116H80N8O2. The molecule has 10 heteroatoms. The maximum atomic E-state index is 6.34. The molecule has 0 unspecified atom stereocenters. The van der Waals surface area contributed by atoms with Gasteiger partial charge in [-0.05, 0) is 207 Å². The molecule has 0 atom stereocenters. The summed E-state index contributed by atoms with van der Waals surface area (Å²) in [5.41, 5.74) is 35.0. The number of pyridine rings is 2. The first kappa shape index (κ1) is 76.8. The number of benzene rings is 16. The fourth-order valence-electron chi connectivity index (χ4n) is 17.4. The minimum Gasteiger partial charge on any atom is -0.456 e. The number of para-hydroxylation sites is 2. The predicted octanol–water partition coefficient (Wildman–Crippen LogP) is 30.2. The Bertz CT molecular complexity index is 7710. The second-order valence-corrected chi connectivity index (χ2v) is 31.8. The lowest BCUT2D eigenvalue weighted by atomic mass is 9.84. The number of aryl methyl sites for hydroxylation is 4. The highest BCUT2D eigenvalue weighted by molar-refractivity contribution is 6.08. The Morgan fingerprint density at radius 2 is 0.444 bits per heavy atom. The number of rotatable bonds is 16. The molecule has 0 aliphatic carbocycles. The molecular weight excluding hydrogens is 1540 g/mol. The van der Waals surface area contributed by atoms with Gasteiger partial charge in [-0.3, -0.25) is 9.97 Å². The first-order valence-electron chi connectivity index (χ1n) is 42.4. The van der Waals surface area contributed by atoms with E-state index in [-0.39, 0.29) is 0 Å². The Morgan fingerprint density at radius 1 is 0.151 bits per heavy atom. The van der Waals surface area contributed by atoms with Crippen molar-refractivity contribution in [3.63, 3.8) is 0 Å². The van der Waals surface area contributed by atoms with Gasteiger partial charge in [0.15, 0.2) is 34.9 Å². The van der Waals surface area contributed by atoms with Crippen LogP contribution < -0.4 is 0 Å². The van der Waals surface area contributed by atoms with Gasteiger partial charge in [0.2, 0.25) is 0 Å². The first-order chi connectivity index (χ1) is 62.1. The summed E-state index contributed by atoms with van der Waals surface area (Å²) in [6.07, 6.45) is 0. The molecule has 6 heterocycles. The Kier molecular flexibility index (Phi) is 20.4. The van der Waals surface area contributed by atoms with Gasteiger partial charge in [0, 0.05) is 88.8 Å². The summed E-state index contributed by atoms with van der Waals surface area (Å²) >= 11 is 0. The van der Waals surface area contributed by atoms with Gasteiger partial charge in [-0.25, -0.2) is 29.9 Å². The first-order valence-corrected chi connectivity index (χ1v) is 42.4. The molecule has 0 radical (unpaired) electrons. The Hall–Kier alpha value is -16.6.